The van der Waals surface area contributed by atoms with Crippen molar-refractivity contribution >= 4 is 57.4 Å². The van der Waals surface area contributed by atoms with Crippen molar-refractivity contribution in [3.8, 4) is 6.07 Å². The molecule has 2 aromatic heterocycles. The van der Waals surface area contributed by atoms with Crippen LogP contribution in [0.15, 0.2) is 42.5 Å². The zero-order valence-electron chi connectivity index (χ0n) is 14.4. The molecule has 0 unspecified atom stereocenters. The van der Waals surface area contributed by atoms with Gasteiger partial charge in [-0.05, 0) is 30.3 Å². The number of para-hydroxylation sites is 2. The Morgan fingerprint density at radius 2 is 1.71 bits per heavy atom. The van der Waals surface area contributed by atoms with Crippen molar-refractivity contribution in [3.63, 3.8) is 0 Å². The van der Waals surface area contributed by atoms with Gasteiger partial charge in [0.1, 0.15) is 23.0 Å². The summed E-state index contributed by atoms with van der Waals surface area (Å²) in [6.45, 7) is 0. The Bertz CT molecular complexity index is 1410. The first kappa shape index (κ1) is 16.9. The number of halogens is 2. The summed E-state index contributed by atoms with van der Waals surface area (Å²) in [7, 11) is 1.80. The SMILES string of the molecule is Cn1c2ccccc2n2c3c(c(C#N)c12)C(=O)N(c1ccc(Cl)cc1Cl)C3=O. The zero-order valence-corrected chi connectivity index (χ0v) is 15.9. The number of fused-ring (bicyclic) bond motifs is 5. The van der Waals surface area contributed by atoms with E-state index in [9.17, 15) is 14.9 Å². The third-order valence-electron chi connectivity index (χ3n) is 5.03. The number of anilines is 1. The Morgan fingerprint density at radius 3 is 2.39 bits per heavy atom. The standard InChI is InChI=1S/C20H10Cl2N4O2/c1-24-14-4-2-3-5-15(14)25-17-16(11(9-23)18(24)25)19(27)26(20(17)28)13-7-6-10(21)8-12(13)22/h2-8H,1H3. The van der Waals surface area contributed by atoms with Crippen LogP contribution in [0, 0.1) is 11.3 Å². The van der Waals surface area contributed by atoms with Crippen molar-refractivity contribution in [1.82, 2.24) is 8.97 Å². The highest BCUT2D eigenvalue weighted by atomic mass is 35.5. The predicted molar refractivity (Wildman–Crippen MR) is 106 cm³/mol. The van der Waals surface area contributed by atoms with Gasteiger partial charge in [0.25, 0.3) is 11.8 Å². The molecule has 0 radical (unpaired) electrons. The second-order valence-electron chi connectivity index (χ2n) is 6.46. The third-order valence-corrected chi connectivity index (χ3v) is 5.57. The van der Waals surface area contributed by atoms with Crippen molar-refractivity contribution in [3.05, 3.63) is 69.3 Å². The highest BCUT2D eigenvalue weighted by Crippen LogP contribution is 2.39. The van der Waals surface area contributed by atoms with Crippen LogP contribution in [0.25, 0.3) is 16.7 Å². The maximum Gasteiger partial charge on any atom is 0.283 e. The number of aromatic nitrogens is 2. The largest absolute Gasteiger partial charge is 0.328 e. The topological polar surface area (TPSA) is 70.5 Å². The fraction of sp³-hybridized carbons (Fsp3) is 0.0500. The number of carbonyl (C=O) groups is 2. The van der Waals surface area contributed by atoms with Gasteiger partial charge in [-0.2, -0.15) is 5.26 Å². The molecule has 0 saturated carbocycles. The number of carbonyl (C=O) groups excluding carboxylic acids is 2. The second kappa shape index (κ2) is 5.61. The Morgan fingerprint density at radius 1 is 1.00 bits per heavy atom. The monoisotopic (exact) mass is 408 g/mol. The zero-order chi connectivity index (χ0) is 19.7. The molecule has 28 heavy (non-hydrogen) atoms. The van der Waals surface area contributed by atoms with Gasteiger partial charge in [-0.15, -0.1) is 0 Å². The fourth-order valence-electron chi connectivity index (χ4n) is 3.87. The minimum absolute atomic E-state index is 0.0925. The maximum absolute atomic E-state index is 13.3. The van der Waals surface area contributed by atoms with Crippen LogP contribution >= 0.6 is 23.2 Å². The van der Waals surface area contributed by atoms with E-state index in [0.29, 0.717) is 10.7 Å². The molecule has 2 aromatic carbocycles. The lowest BCUT2D eigenvalue weighted by Gasteiger charge is -2.16. The molecule has 2 amide bonds. The molecule has 4 aromatic rings. The molecule has 0 aliphatic carbocycles. The summed E-state index contributed by atoms with van der Waals surface area (Å²) in [5, 5.41) is 10.4. The lowest BCUT2D eigenvalue weighted by molar-refractivity contribution is 0.0924. The van der Waals surface area contributed by atoms with Gasteiger partial charge >= 0.3 is 0 Å². The second-order valence-corrected chi connectivity index (χ2v) is 7.30. The number of nitrogens with zero attached hydrogens (tertiary/aromatic N) is 4. The Labute approximate surface area is 168 Å². The molecule has 1 aliphatic heterocycles. The summed E-state index contributed by atoms with van der Waals surface area (Å²) in [6, 6.07) is 14.1. The summed E-state index contributed by atoms with van der Waals surface area (Å²) >= 11 is 12.2. The molecule has 8 heteroatoms. The highest BCUT2D eigenvalue weighted by Gasteiger charge is 2.44. The van der Waals surface area contributed by atoms with Crippen molar-refractivity contribution in [2.45, 2.75) is 0 Å². The van der Waals surface area contributed by atoms with Crippen molar-refractivity contribution in [2.75, 3.05) is 4.90 Å². The molecule has 0 atom stereocenters. The van der Waals surface area contributed by atoms with Crippen molar-refractivity contribution in [2.24, 2.45) is 7.05 Å². The van der Waals surface area contributed by atoms with Gasteiger partial charge in [-0.3, -0.25) is 14.0 Å². The smallest absolute Gasteiger partial charge is 0.283 e. The van der Waals surface area contributed by atoms with Crippen LogP contribution in [-0.4, -0.2) is 20.8 Å². The van der Waals surface area contributed by atoms with Crippen LogP contribution in [0.2, 0.25) is 10.0 Å². The Balaban J connectivity index is 1.87. The first-order chi connectivity index (χ1) is 13.5. The van der Waals surface area contributed by atoms with Crippen molar-refractivity contribution in [1.29, 1.82) is 5.26 Å². The number of nitriles is 1. The molecule has 0 fully saturated rings. The van der Waals surface area contributed by atoms with E-state index in [1.807, 2.05) is 28.8 Å². The van der Waals surface area contributed by atoms with Crippen molar-refractivity contribution < 1.29 is 9.59 Å². The number of benzene rings is 2. The van der Waals surface area contributed by atoms with Crippen LogP contribution < -0.4 is 4.90 Å². The lowest BCUT2D eigenvalue weighted by atomic mass is 10.1. The summed E-state index contributed by atoms with van der Waals surface area (Å²) in [6.07, 6.45) is 0. The number of rotatable bonds is 1. The van der Waals surface area contributed by atoms with Gasteiger partial charge in [-0.1, -0.05) is 35.3 Å². The van der Waals surface area contributed by atoms with Gasteiger partial charge in [0.05, 0.1) is 27.3 Å². The fourth-order valence-corrected chi connectivity index (χ4v) is 4.36. The Kier molecular flexibility index (Phi) is 3.38. The van der Waals surface area contributed by atoms with Crippen LogP contribution in [0.4, 0.5) is 5.69 Å². The summed E-state index contributed by atoms with van der Waals surface area (Å²) in [5.41, 5.74) is 2.75. The molecule has 0 saturated heterocycles. The van der Waals surface area contributed by atoms with E-state index in [-0.39, 0.29) is 27.5 Å². The first-order valence-electron chi connectivity index (χ1n) is 8.31. The van der Waals surface area contributed by atoms with Gasteiger partial charge in [-0.25, -0.2) is 4.90 Å². The van der Waals surface area contributed by atoms with E-state index < -0.39 is 11.8 Å². The van der Waals surface area contributed by atoms with Crippen LogP contribution in [0.1, 0.15) is 26.4 Å². The molecule has 5 rings (SSSR count). The summed E-state index contributed by atoms with van der Waals surface area (Å²) in [4.78, 5) is 27.5. The maximum atomic E-state index is 13.3. The minimum Gasteiger partial charge on any atom is -0.328 e. The van der Waals surface area contributed by atoms with Gasteiger partial charge < -0.3 is 4.57 Å². The molecule has 136 valence electrons. The quantitative estimate of drug-likeness (QED) is 0.438. The van der Waals surface area contributed by atoms with Gasteiger partial charge in [0, 0.05) is 12.1 Å². The van der Waals surface area contributed by atoms with E-state index in [1.54, 1.807) is 17.5 Å². The number of hydrogen-bond acceptors (Lipinski definition) is 3. The third kappa shape index (κ3) is 1.92. The van der Waals surface area contributed by atoms with Gasteiger partial charge in [0.2, 0.25) is 0 Å². The summed E-state index contributed by atoms with van der Waals surface area (Å²) < 4.78 is 3.49. The van der Waals surface area contributed by atoms with Crippen LogP contribution in [0.5, 0.6) is 0 Å². The minimum atomic E-state index is -0.575. The van der Waals surface area contributed by atoms with Crippen LogP contribution in [-0.2, 0) is 7.05 Å². The lowest BCUT2D eigenvalue weighted by Crippen LogP contribution is -2.30. The molecule has 0 N–H and O–H groups in total. The molecule has 0 spiro atoms. The average Bonchev–Trinajstić information content (AvgIpc) is 3.25. The number of imide groups is 1. The molecule has 6 nitrogen and oxygen atoms in total. The molecule has 1 aliphatic rings. The number of imidazole rings is 1. The number of hydrogen-bond donors (Lipinski definition) is 0. The van der Waals surface area contributed by atoms with E-state index in [1.165, 1.54) is 12.1 Å². The number of amides is 2. The Hall–Kier alpha value is -3.27. The van der Waals surface area contributed by atoms with Gasteiger partial charge in [0.15, 0.2) is 0 Å². The predicted octanol–water partition coefficient (Wildman–Crippen LogP) is 4.41. The van der Waals surface area contributed by atoms with Crippen LogP contribution in [0.3, 0.4) is 0 Å². The molecule has 0 bridgehead atoms. The van der Waals surface area contributed by atoms with E-state index in [0.717, 1.165) is 15.9 Å². The van der Waals surface area contributed by atoms with E-state index in [4.69, 9.17) is 23.2 Å². The first-order valence-corrected chi connectivity index (χ1v) is 9.07. The molecular weight excluding hydrogens is 399 g/mol. The molecular formula is C20H10Cl2N4O2. The van der Waals surface area contributed by atoms with E-state index >= 15 is 0 Å². The number of aryl methyl sites for hydroxylation is 1. The summed E-state index contributed by atoms with van der Waals surface area (Å²) in [5.74, 6) is -1.11. The van der Waals surface area contributed by atoms with E-state index in [2.05, 4.69) is 6.07 Å². The normalized spacial score (nSPS) is 13.6. The highest BCUT2D eigenvalue weighted by molar-refractivity contribution is 6.41. The average molecular weight is 409 g/mol. The molecule has 3 heterocycles.